The number of amides is 1. The number of carboxylic acids is 1. The zero-order chi connectivity index (χ0) is 19.3. The van der Waals surface area contributed by atoms with Crippen molar-refractivity contribution in [2.75, 3.05) is 0 Å². The number of alkyl carbamates (subject to hydrolysis) is 1. The van der Waals surface area contributed by atoms with Crippen molar-refractivity contribution < 1.29 is 19.4 Å². The predicted octanol–water partition coefficient (Wildman–Crippen LogP) is 2.61. The summed E-state index contributed by atoms with van der Waals surface area (Å²) in [5, 5.41) is 19.5. The first-order valence-electron chi connectivity index (χ1n) is 8.40. The molecule has 140 valence electrons. The maximum absolute atomic E-state index is 11.8. The van der Waals surface area contributed by atoms with Crippen LogP contribution >= 0.6 is 0 Å². The SMILES string of the molecule is CCc1ccc(Cn2nnc(C(=O)O)c2CNC(=O)OC(C)(C)C)cc1. The van der Waals surface area contributed by atoms with E-state index in [1.165, 1.54) is 10.2 Å². The van der Waals surface area contributed by atoms with Crippen LogP contribution in [0, 0.1) is 0 Å². The molecule has 0 bridgehead atoms. The lowest BCUT2D eigenvalue weighted by atomic mass is 10.1. The number of aromatic carboxylic acids is 1. The van der Waals surface area contributed by atoms with E-state index in [-0.39, 0.29) is 12.2 Å². The van der Waals surface area contributed by atoms with Crippen LogP contribution in [0.5, 0.6) is 0 Å². The molecule has 0 saturated carbocycles. The van der Waals surface area contributed by atoms with Gasteiger partial charge in [-0.3, -0.25) is 0 Å². The number of hydrogen-bond acceptors (Lipinski definition) is 5. The van der Waals surface area contributed by atoms with Crippen LogP contribution in [0.2, 0.25) is 0 Å². The van der Waals surface area contributed by atoms with Crippen LogP contribution in [-0.4, -0.2) is 37.8 Å². The fourth-order valence-electron chi connectivity index (χ4n) is 2.32. The molecule has 1 aromatic carbocycles. The van der Waals surface area contributed by atoms with Crippen LogP contribution in [0.3, 0.4) is 0 Å². The second-order valence-electron chi connectivity index (χ2n) is 6.87. The molecular formula is C18H24N4O4. The van der Waals surface area contributed by atoms with Crippen molar-refractivity contribution in [3.63, 3.8) is 0 Å². The number of carbonyl (C=O) groups is 2. The third-order valence-electron chi connectivity index (χ3n) is 3.60. The molecule has 0 aliphatic heterocycles. The first kappa shape index (κ1) is 19.4. The second-order valence-corrected chi connectivity index (χ2v) is 6.87. The number of nitrogens with zero attached hydrogens (tertiary/aromatic N) is 3. The summed E-state index contributed by atoms with van der Waals surface area (Å²) < 4.78 is 6.65. The van der Waals surface area contributed by atoms with Gasteiger partial charge < -0.3 is 15.2 Å². The third-order valence-corrected chi connectivity index (χ3v) is 3.60. The molecule has 0 fully saturated rings. The molecule has 1 heterocycles. The van der Waals surface area contributed by atoms with E-state index < -0.39 is 17.7 Å². The summed E-state index contributed by atoms with van der Waals surface area (Å²) in [5.41, 5.74) is 1.65. The Balaban J connectivity index is 2.16. The summed E-state index contributed by atoms with van der Waals surface area (Å²) in [6, 6.07) is 7.96. The fraction of sp³-hybridized carbons (Fsp3) is 0.444. The highest BCUT2D eigenvalue weighted by atomic mass is 16.6. The molecule has 0 atom stereocenters. The Morgan fingerprint density at radius 3 is 2.35 bits per heavy atom. The quantitative estimate of drug-likeness (QED) is 0.820. The van der Waals surface area contributed by atoms with E-state index in [9.17, 15) is 14.7 Å². The van der Waals surface area contributed by atoms with Gasteiger partial charge in [0.1, 0.15) is 5.60 Å². The van der Waals surface area contributed by atoms with Crippen molar-refractivity contribution in [3.8, 4) is 0 Å². The van der Waals surface area contributed by atoms with Crippen molar-refractivity contribution in [1.29, 1.82) is 0 Å². The monoisotopic (exact) mass is 360 g/mol. The van der Waals surface area contributed by atoms with Crippen LogP contribution in [0.15, 0.2) is 24.3 Å². The molecule has 1 amide bonds. The lowest BCUT2D eigenvalue weighted by Crippen LogP contribution is -2.33. The van der Waals surface area contributed by atoms with Gasteiger partial charge in [-0.1, -0.05) is 36.4 Å². The normalized spacial score (nSPS) is 11.2. The molecule has 2 rings (SSSR count). The van der Waals surface area contributed by atoms with E-state index in [1.54, 1.807) is 20.8 Å². The number of hydrogen-bond donors (Lipinski definition) is 2. The molecule has 8 heteroatoms. The van der Waals surface area contributed by atoms with Gasteiger partial charge in [0.15, 0.2) is 5.69 Å². The van der Waals surface area contributed by atoms with E-state index >= 15 is 0 Å². The molecular weight excluding hydrogens is 336 g/mol. The molecule has 1 aromatic heterocycles. The molecule has 0 aliphatic rings. The van der Waals surface area contributed by atoms with E-state index in [0.717, 1.165) is 12.0 Å². The number of rotatable bonds is 6. The maximum atomic E-state index is 11.8. The van der Waals surface area contributed by atoms with Gasteiger partial charge in [-0.05, 0) is 38.3 Å². The van der Waals surface area contributed by atoms with E-state index in [1.807, 2.05) is 24.3 Å². The van der Waals surface area contributed by atoms with Gasteiger partial charge in [-0.25, -0.2) is 14.3 Å². The molecule has 2 N–H and O–H groups in total. The second kappa shape index (κ2) is 7.99. The number of ether oxygens (including phenoxy) is 1. The van der Waals surface area contributed by atoms with E-state index in [4.69, 9.17) is 4.74 Å². The zero-order valence-corrected chi connectivity index (χ0v) is 15.4. The Hall–Kier alpha value is -2.90. The lowest BCUT2D eigenvalue weighted by Gasteiger charge is -2.19. The van der Waals surface area contributed by atoms with Crippen LogP contribution in [0.25, 0.3) is 0 Å². The molecule has 8 nitrogen and oxygen atoms in total. The van der Waals surface area contributed by atoms with Gasteiger partial charge in [0.2, 0.25) is 0 Å². The predicted molar refractivity (Wildman–Crippen MR) is 95.0 cm³/mol. The number of aromatic nitrogens is 3. The van der Waals surface area contributed by atoms with Gasteiger partial charge in [-0.15, -0.1) is 5.10 Å². The van der Waals surface area contributed by atoms with Crippen LogP contribution in [0.4, 0.5) is 4.79 Å². The fourth-order valence-corrected chi connectivity index (χ4v) is 2.32. The van der Waals surface area contributed by atoms with Gasteiger partial charge in [-0.2, -0.15) is 0 Å². The van der Waals surface area contributed by atoms with E-state index in [0.29, 0.717) is 12.2 Å². The van der Waals surface area contributed by atoms with Crippen LogP contribution in [0.1, 0.15) is 55.0 Å². The molecule has 0 aliphatic carbocycles. The lowest BCUT2D eigenvalue weighted by molar-refractivity contribution is 0.0519. The zero-order valence-electron chi connectivity index (χ0n) is 15.4. The molecule has 0 unspecified atom stereocenters. The Kier molecular flexibility index (Phi) is 5.97. The van der Waals surface area contributed by atoms with Crippen LogP contribution in [-0.2, 0) is 24.2 Å². The third kappa shape index (κ3) is 5.30. The number of carboxylic acid groups (broad SMARTS) is 1. The minimum absolute atomic E-state index is 0.0450. The van der Waals surface area contributed by atoms with Crippen molar-refractivity contribution >= 4 is 12.1 Å². The smallest absolute Gasteiger partial charge is 0.407 e. The molecule has 26 heavy (non-hydrogen) atoms. The highest BCUT2D eigenvalue weighted by molar-refractivity contribution is 5.86. The van der Waals surface area contributed by atoms with Crippen molar-refractivity contribution in [2.45, 2.75) is 52.8 Å². The maximum Gasteiger partial charge on any atom is 0.407 e. The molecule has 0 spiro atoms. The Morgan fingerprint density at radius 2 is 1.81 bits per heavy atom. The largest absolute Gasteiger partial charge is 0.476 e. The van der Waals surface area contributed by atoms with Gasteiger partial charge in [0, 0.05) is 0 Å². The average Bonchev–Trinajstić information content (AvgIpc) is 2.95. The summed E-state index contributed by atoms with van der Waals surface area (Å²) in [7, 11) is 0. The Labute approximate surface area is 152 Å². The van der Waals surface area contributed by atoms with Crippen molar-refractivity contribution in [3.05, 3.63) is 46.8 Å². The average molecular weight is 360 g/mol. The highest BCUT2D eigenvalue weighted by Gasteiger charge is 2.21. The molecule has 2 aromatic rings. The molecule has 0 radical (unpaired) electrons. The summed E-state index contributed by atoms with van der Waals surface area (Å²) in [6.07, 6.45) is 0.312. The van der Waals surface area contributed by atoms with Gasteiger partial charge >= 0.3 is 12.1 Å². The van der Waals surface area contributed by atoms with Crippen molar-refractivity contribution in [1.82, 2.24) is 20.3 Å². The first-order chi connectivity index (χ1) is 12.2. The van der Waals surface area contributed by atoms with Gasteiger partial charge in [0.05, 0.1) is 18.8 Å². The Morgan fingerprint density at radius 1 is 1.19 bits per heavy atom. The summed E-state index contributed by atoms with van der Waals surface area (Å²) in [6.45, 7) is 7.64. The number of aryl methyl sites for hydroxylation is 1. The number of carbonyl (C=O) groups excluding carboxylic acids is 1. The first-order valence-corrected chi connectivity index (χ1v) is 8.40. The minimum Gasteiger partial charge on any atom is -0.476 e. The minimum atomic E-state index is -1.20. The van der Waals surface area contributed by atoms with Gasteiger partial charge in [0.25, 0.3) is 0 Å². The van der Waals surface area contributed by atoms with Crippen LogP contribution < -0.4 is 5.32 Å². The Bertz CT molecular complexity index is 775. The summed E-state index contributed by atoms with van der Waals surface area (Å²) >= 11 is 0. The number of nitrogens with one attached hydrogen (secondary N) is 1. The summed E-state index contributed by atoms with van der Waals surface area (Å²) in [4.78, 5) is 23.2. The topological polar surface area (TPSA) is 106 Å². The standard InChI is InChI=1S/C18H24N4O4/c1-5-12-6-8-13(9-7-12)11-22-14(15(16(23)24)20-21-22)10-19-17(25)26-18(2,3)4/h6-9H,5,10-11H2,1-4H3,(H,19,25)(H,23,24). The van der Waals surface area contributed by atoms with E-state index in [2.05, 4.69) is 22.6 Å². The summed E-state index contributed by atoms with van der Waals surface area (Å²) in [5.74, 6) is -1.20. The number of benzene rings is 1. The highest BCUT2D eigenvalue weighted by Crippen LogP contribution is 2.12. The van der Waals surface area contributed by atoms with Crippen molar-refractivity contribution in [2.24, 2.45) is 0 Å². The molecule has 0 saturated heterocycles.